The molecule has 0 radical (unpaired) electrons. The molecule has 1 aromatic carbocycles. The first-order valence-electron chi connectivity index (χ1n) is 9.97. The number of carbonyl (C=O) groups excluding carboxylic acids is 1. The van der Waals surface area contributed by atoms with Crippen molar-refractivity contribution in [3.8, 4) is 11.1 Å². The summed E-state index contributed by atoms with van der Waals surface area (Å²) in [6, 6.07) is 8.47. The van der Waals surface area contributed by atoms with Crippen LogP contribution in [0.5, 0.6) is 0 Å². The highest BCUT2D eigenvalue weighted by atomic mass is 32.2. The van der Waals surface area contributed by atoms with Crippen LogP contribution in [0.15, 0.2) is 53.7 Å². The van der Waals surface area contributed by atoms with Gasteiger partial charge < -0.3 is 14.6 Å². The van der Waals surface area contributed by atoms with Crippen LogP contribution >= 0.6 is 0 Å². The van der Waals surface area contributed by atoms with Gasteiger partial charge in [-0.2, -0.15) is 0 Å². The first-order chi connectivity index (χ1) is 14.7. The van der Waals surface area contributed by atoms with E-state index in [1.165, 1.54) is 6.07 Å². The lowest BCUT2D eigenvalue weighted by molar-refractivity contribution is 0.0799. The van der Waals surface area contributed by atoms with Crippen LogP contribution in [0.3, 0.4) is 0 Å². The lowest BCUT2D eigenvalue weighted by Gasteiger charge is -2.26. The number of fused-ring (bicyclic) bond motifs is 1. The topological polar surface area (TPSA) is 118 Å². The van der Waals surface area contributed by atoms with E-state index in [0.29, 0.717) is 25.1 Å². The van der Waals surface area contributed by atoms with E-state index in [9.17, 15) is 13.2 Å². The highest BCUT2D eigenvalue weighted by Crippen LogP contribution is 2.32. The van der Waals surface area contributed by atoms with Gasteiger partial charge in [-0.15, -0.1) is 0 Å². The Hall–Kier alpha value is -3.17. The second-order valence-electron chi connectivity index (χ2n) is 7.75. The summed E-state index contributed by atoms with van der Waals surface area (Å²) in [6.45, 7) is 4.72. The highest BCUT2D eigenvalue weighted by Gasteiger charge is 2.21. The van der Waals surface area contributed by atoms with E-state index in [1.54, 1.807) is 23.2 Å². The zero-order valence-corrected chi connectivity index (χ0v) is 18.1. The fourth-order valence-electron chi connectivity index (χ4n) is 3.64. The Morgan fingerprint density at radius 1 is 1.26 bits per heavy atom. The van der Waals surface area contributed by atoms with Crippen molar-refractivity contribution in [3.05, 3.63) is 54.4 Å². The quantitative estimate of drug-likeness (QED) is 0.644. The molecule has 0 saturated heterocycles. The molecule has 0 saturated carbocycles. The first kappa shape index (κ1) is 21.1. The lowest BCUT2D eigenvalue weighted by Crippen LogP contribution is -2.36. The molecule has 0 spiro atoms. The van der Waals surface area contributed by atoms with E-state index in [0.717, 1.165) is 27.7 Å². The van der Waals surface area contributed by atoms with Crippen molar-refractivity contribution < 1.29 is 17.9 Å². The summed E-state index contributed by atoms with van der Waals surface area (Å²) in [5, 5.41) is 6.20. The normalized spacial score (nSPS) is 14.7. The number of hydrogen-bond donors (Lipinski definition) is 2. The van der Waals surface area contributed by atoms with Gasteiger partial charge in [-0.3, -0.25) is 0 Å². The Morgan fingerprint density at radius 3 is 2.74 bits per heavy atom. The van der Waals surface area contributed by atoms with Crippen molar-refractivity contribution in [2.75, 3.05) is 13.1 Å². The van der Waals surface area contributed by atoms with Crippen LogP contribution in [0.25, 0.3) is 27.7 Å². The zero-order valence-electron chi connectivity index (χ0n) is 17.3. The number of rotatable bonds is 4. The van der Waals surface area contributed by atoms with Crippen LogP contribution in [0.2, 0.25) is 0 Å². The van der Waals surface area contributed by atoms with Crippen LogP contribution in [0.4, 0.5) is 4.79 Å². The third-order valence-electron chi connectivity index (χ3n) is 5.18. The van der Waals surface area contributed by atoms with Gasteiger partial charge in [-0.1, -0.05) is 18.2 Å². The molecule has 0 aliphatic carbocycles. The maximum absolute atomic E-state index is 12.1. The second-order valence-corrected chi connectivity index (χ2v) is 9.31. The Kier molecular flexibility index (Phi) is 5.55. The molecule has 9 heteroatoms. The predicted molar refractivity (Wildman–Crippen MR) is 119 cm³/mol. The summed E-state index contributed by atoms with van der Waals surface area (Å²) in [6.07, 6.45) is 5.89. The maximum atomic E-state index is 12.1. The van der Waals surface area contributed by atoms with Crippen LogP contribution in [-0.4, -0.2) is 48.6 Å². The Balaban J connectivity index is 1.64. The third kappa shape index (κ3) is 4.47. The summed E-state index contributed by atoms with van der Waals surface area (Å²) < 4.78 is 28.7. The number of sulfonamides is 1. The second kappa shape index (κ2) is 8.16. The molecule has 0 bridgehead atoms. The number of aromatic amines is 1. The van der Waals surface area contributed by atoms with Crippen LogP contribution in [-0.2, 0) is 14.8 Å². The molecule has 1 aliphatic heterocycles. The fraction of sp³-hybridized carbons (Fsp3) is 0.273. The monoisotopic (exact) mass is 440 g/mol. The van der Waals surface area contributed by atoms with Gasteiger partial charge in [-0.25, -0.2) is 23.3 Å². The molecule has 31 heavy (non-hydrogen) atoms. The van der Waals surface area contributed by atoms with Crippen molar-refractivity contribution in [1.29, 1.82) is 0 Å². The standard InChI is InChI=1S/C22H24N4O4S/c1-14(2)30-22(27)26-8-6-15(7-9-26)20-13-25-21-19(20)11-17(12-24-21)16-4-3-5-18(10-16)31(23,28)29/h3-6,10-14H,7-9H2,1-2H3,(H,24,25)(H2,23,28,29). The molecule has 3 N–H and O–H groups in total. The van der Waals surface area contributed by atoms with Gasteiger partial charge in [0, 0.05) is 42.0 Å². The first-order valence-corrected chi connectivity index (χ1v) is 11.5. The average molecular weight is 441 g/mol. The number of aromatic nitrogens is 2. The van der Waals surface area contributed by atoms with Crippen molar-refractivity contribution in [2.45, 2.75) is 31.3 Å². The van der Waals surface area contributed by atoms with Crippen LogP contribution in [0.1, 0.15) is 25.8 Å². The van der Waals surface area contributed by atoms with Gasteiger partial charge in [0.25, 0.3) is 0 Å². The van der Waals surface area contributed by atoms with Crippen LogP contribution < -0.4 is 5.14 Å². The Labute approximate surface area is 180 Å². The number of ether oxygens (including phenoxy) is 1. The Morgan fingerprint density at radius 2 is 2.06 bits per heavy atom. The zero-order chi connectivity index (χ0) is 22.2. The summed E-state index contributed by atoms with van der Waals surface area (Å²) >= 11 is 0. The number of amides is 1. The van der Waals surface area contributed by atoms with E-state index in [1.807, 2.05) is 38.3 Å². The summed E-state index contributed by atoms with van der Waals surface area (Å²) in [4.78, 5) is 21.5. The average Bonchev–Trinajstić information content (AvgIpc) is 3.16. The van der Waals surface area contributed by atoms with E-state index in [4.69, 9.17) is 9.88 Å². The molecule has 8 nitrogen and oxygen atoms in total. The van der Waals surface area contributed by atoms with E-state index < -0.39 is 10.0 Å². The largest absolute Gasteiger partial charge is 0.447 e. The maximum Gasteiger partial charge on any atom is 0.410 e. The number of benzene rings is 1. The molecule has 3 aromatic rings. The minimum atomic E-state index is -3.79. The minimum Gasteiger partial charge on any atom is -0.447 e. The molecule has 0 atom stereocenters. The van der Waals surface area contributed by atoms with Gasteiger partial charge in [0.05, 0.1) is 11.0 Å². The number of carbonyl (C=O) groups is 1. The lowest BCUT2D eigenvalue weighted by atomic mass is 9.98. The number of nitrogens with two attached hydrogens (primary N) is 1. The third-order valence-corrected chi connectivity index (χ3v) is 6.09. The van der Waals surface area contributed by atoms with Gasteiger partial charge >= 0.3 is 6.09 Å². The predicted octanol–water partition coefficient (Wildman–Crippen LogP) is 3.51. The van der Waals surface area contributed by atoms with Crippen LogP contribution in [0, 0.1) is 0 Å². The highest BCUT2D eigenvalue weighted by molar-refractivity contribution is 7.89. The van der Waals surface area contributed by atoms with E-state index in [-0.39, 0.29) is 17.1 Å². The van der Waals surface area contributed by atoms with Crippen molar-refractivity contribution >= 4 is 32.7 Å². The number of nitrogens with one attached hydrogen (secondary N) is 1. The van der Waals surface area contributed by atoms with Crippen molar-refractivity contribution in [1.82, 2.24) is 14.9 Å². The summed E-state index contributed by atoms with van der Waals surface area (Å²) in [7, 11) is -3.79. The fourth-order valence-corrected chi connectivity index (χ4v) is 4.19. The SMILES string of the molecule is CC(C)OC(=O)N1CC=C(c2c[nH]c3ncc(-c4cccc(S(N)(=O)=O)c4)cc23)CC1. The molecule has 0 fully saturated rings. The molecule has 0 unspecified atom stereocenters. The molecular formula is C22H24N4O4S. The van der Waals surface area contributed by atoms with Crippen molar-refractivity contribution in [2.24, 2.45) is 5.14 Å². The van der Waals surface area contributed by atoms with Gasteiger partial charge in [0.15, 0.2) is 0 Å². The van der Waals surface area contributed by atoms with E-state index >= 15 is 0 Å². The molecule has 3 heterocycles. The van der Waals surface area contributed by atoms with E-state index in [2.05, 4.69) is 9.97 Å². The molecule has 2 aromatic heterocycles. The summed E-state index contributed by atoms with van der Waals surface area (Å²) in [5.74, 6) is 0. The molecule has 162 valence electrons. The minimum absolute atomic E-state index is 0.0581. The van der Waals surface area contributed by atoms with Gasteiger partial charge in [-0.05, 0) is 49.6 Å². The number of nitrogens with zero attached hydrogens (tertiary/aromatic N) is 2. The Bertz CT molecular complexity index is 1280. The van der Waals surface area contributed by atoms with Gasteiger partial charge in [0.2, 0.25) is 10.0 Å². The smallest absolute Gasteiger partial charge is 0.410 e. The molecule has 1 aliphatic rings. The van der Waals surface area contributed by atoms with Gasteiger partial charge in [0.1, 0.15) is 5.65 Å². The number of hydrogen-bond acceptors (Lipinski definition) is 5. The number of pyridine rings is 1. The van der Waals surface area contributed by atoms with Crippen molar-refractivity contribution in [3.63, 3.8) is 0 Å². The summed E-state index contributed by atoms with van der Waals surface area (Å²) in [5.41, 5.74) is 4.38. The number of primary sulfonamides is 1. The molecule has 4 rings (SSSR count). The molecule has 1 amide bonds. The number of H-pyrrole nitrogens is 1. The molecular weight excluding hydrogens is 416 g/mol.